The van der Waals surface area contributed by atoms with E-state index in [1.54, 1.807) is 18.2 Å². The van der Waals surface area contributed by atoms with Gasteiger partial charge in [0, 0.05) is 22.9 Å². The van der Waals surface area contributed by atoms with Crippen LogP contribution in [-0.4, -0.2) is 32.4 Å². The number of rotatable bonds is 2. The zero-order valence-corrected chi connectivity index (χ0v) is 12.8. The highest BCUT2D eigenvalue weighted by Gasteiger charge is 2.32. The number of ether oxygens (including phenoxy) is 1. The Morgan fingerprint density at radius 2 is 2.24 bits per heavy atom. The van der Waals surface area contributed by atoms with Crippen molar-refractivity contribution in [2.24, 2.45) is 0 Å². The van der Waals surface area contributed by atoms with Gasteiger partial charge in [-0.1, -0.05) is 11.6 Å². The summed E-state index contributed by atoms with van der Waals surface area (Å²) >= 11 is 6.06. The fourth-order valence-electron chi connectivity index (χ4n) is 2.75. The molecule has 0 saturated carbocycles. The maximum atomic E-state index is 6.06. The van der Waals surface area contributed by atoms with Crippen LogP contribution in [0.3, 0.4) is 0 Å². The summed E-state index contributed by atoms with van der Waals surface area (Å²) in [6, 6.07) is 5.51. The van der Waals surface area contributed by atoms with Gasteiger partial charge in [0.2, 0.25) is 0 Å². The second kappa shape index (κ2) is 5.27. The SMILES string of the molecule is CC1(C)CC(n2nnnc2-c2cc(Cl)ccc2N)CCO1. The molecule has 0 bridgehead atoms. The summed E-state index contributed by atoms with van der Waals surface area (Å²) in [7, 11) is 0. The van der Waals surface area contributed by atoms with Crippen LogP contribution in [0.5, 0.6) is 0 Å². The second-order valence-corrected chi connectivity index (χ2v) is 6.37. The van der Waals surface area contributed by atoms with Crippen molar-refractivity contribution < 1.29 is 4.74 Å². The number of hydrogen-bond acceptors (Lipinski definition) is 5. The molecule has 2 aromatic rings. The second-order valence-electron chi connectivity index (χ2n) is 5.93. The molecule has 0 amide bonds. The molecular formula is C14H18ClN5O. The maximum Gasteiger partial charge on any atom is 0.184 e. The van der Waals surface area contributed by atoms with Crippen molar-refractivity contribution in [1.29, 1.82) is 0 Å². The van der Waals surface area contributed by atoms with Crippen molar-refractivity contribution in [3.05, 3.63) is 23.2 Å². The molecule has 1 saturated heterocycles. The minimum Gasteiger partial charge on any atom is -0.398 e. The lowest BCUT2D eigenvalue weighted by atomic mass is 9.94. The molecule has 0 radical (unpaired) electrons. The van der Waals surface area contributed by atoms with Gasteiger partial charge in [-0.3, -0.25) is 0 Å². The smallest absolute Gasteiger partial charge is 0.184 e. The Bertz CT molecular complexity index is 655. The number of halogens is 1. The highest BCUT2D eigenvalue weighted by atomic mass is 35.5. The van der Waals surface area contributed by atoms with Crippen molar-refractivity contribution >= 4 is 17.3 Å². The first kappa shape index (κ1) is 14.3. The number of nitrogens with zero attached hydrogens (tertiary/aromatic N) is 4. The van der Waals surface area contributed by atoms with Gasteiger partial charge >= 0.3 is 0 Å². The van der Waals surface area contributed by atoms with Crippen LogP contribution in [0.1, 0.15) is 32.7 Å². The summed E-state index contributed by atoms with van der Waals surface area (Å²) in [5.74, 6) is 0.651. The third-order valence-corrected chi connectivity index (χ3v) is 4.00. The van der Waals surface area contributed by atoms with Crippen LogP contribution in [0.2, 0.25) is 5.02 Å². The van der Waals surface area contributed by atoms with E-state index in [2.05, 4.69) is 29.4 Å². The lowest BCUT2D eigenvalue weighted by Crippen LogP contribution is -2.35. The number of tetrazole rings is 1. The molecule has 1 aromatic heterocycles. The van der Waals surface area contributed by atoms with Gasteiger partial charge in [-0.15, -0.1) is 5.10 Å². The van der Waals surface area contributed by atoms with Crippen molar-refractivity contribution in [2.45, 2.75) is 38.3 Å². The van der Waals surface area contributed by atoms with Crippen molar-refractivity contribution in [3.63, 3.8) is 0 Å². The molecule has 1 unspecified atom stereocenters. The molecule has 1 atom stereocenters. The average molecular weight is 308 g/mol. The highest BCUT2D eigenvalue weighted by Crippen LogP contribution is 2.35. The van der Waals surface area contributed by atoms with E-state index in [4.69, 9.17) is 22.1 Å². The first-order chi connectivity index (χ1) is 9.96. The van der Waals surface area contributed by atoms with Crippen LogP contribution in [0.25, 0.3) is 11.4 Å². The van der Waals surface area contributed by atoms with Gasteiger partial charge in [-0.05, 0) is 55.3 Å². The van der Waals surface area contributed by atoms with Gasteiger partial charge in [-0.25, -0.2) is 4.68 Å². The normalized spacial score (nSPS) is 21.4. The number of anilines is 1. The minimum atomic E-state index is -0.175. The van der Waals surface area contributed by atoms with Crippen LogP contribution in [-0.2, 0) is 4.74 Å². The summed E-state index contributed by atoms with van der Waals surface area (Å²) in [6.07, 6.45) is 1.73. The van der Waals surface area contributed by atoms with Crippen LogP contribution in [0, 0.1) is 0 Å². The van der Waals surface area contributed by atoms with E-state index in [-0.39, 0.29) is 11.6 Å². The van der Waals surface area contributed by atoms with Crippen LogP contribution in [0.15, 0.2) is 18.2 Å². The van der Waals surface area contributed by atoms with Crippen molar-refractivity contribution in [1.82, 2.24) is 20.2 Å². The predicted octanol–water partition coefficient (Wildman–Crippen LogP) is 2.71. The van der Waals surface area contributed by atoms with Gasteiger partial charge in [0.1, 0.15) is 0 Å². The van der Waals surface area contributed by atoms with Crippen LogP contribution in [0.4, 0.5) is 5.69 Å². The first-order valence-electron chi connectivity index (χ1n) is 6.93. The summed E-state index contributed by atoms with van der Waals surface area (Å²) in [5.41, 5.74) is 7.24. The molecule has 3 rings (SSSR count). The van der Waals surface area contributed by atoms with E-state index >= 15 is 0 Å². The summed E-state index contributed by atoms with van der Waals surface area (Å²) in [4.78, 5) is 0. The van der Waals surface area contributed by atoms with E-state index in [0.29, 0.717) is 23.1 Å². The fraction of sp³-hybridized carbons (Fsp3) is 0.500. The molecule has 1 aliphatic rings. The van der Waals surface area contributed by atoms with Gasteiger partial charge in [0.15, 0.2) is 5.82 Å². The van der Waals surface area contributed by atoms with Gasteiger partial charge in [0.05, 0.1) is 11.6 Å². The van der Waals surface area contributed by atoms with Crippen LogP contribution >= 0.6 is 11.6 Å². The Kier molecular flexibility index (Phi) is 3.59. The van der Waals surface area contributed by atoms with Gasteiger partial charge in [-0.2, -0.15) is 0 Å². The minimum absolute atomic E-state index is 0.175. The molecule has 112 valence electrons. The van der Waals surface area contributed by atoms with Gasteiger partial charge < -0.3 is 10.5 Å². The van der Waals surface area contributed by atoms with Crippen molar-refractivity contribution in [2.75, 3.05) is 12.3 Å². The first-order valence-corrected chi connectivity index (χ1v) is 7.31. The number of aromatic nitrogens is 4. The standard InChI is InChI=1S/C14H18ClN5O/c1-14(2)8-10(5-6-21-14)20-13(17-18-19-20)11-7-9(15)3-4-12(11)16/h3-4,7,10H,5-6,8,16H2,1-2H3. The Morgan fingerprint density at radius 1 is 1.43 bits per heavy atom. The maximum absolute atomic E-state index is 6.06. The quantitative estimate of drug-likeness (QED) is 0.863. The molecule has 0 aliphatic carbocycles. The zero-order valence-electron chi connectivity index (χ0n) is 12.1. The van der Waals surface area contributed by atoms with E-state index in [1.165, 1.54) is 0 Å². The van der Waals surface area contributed by atoms with Gasteiger partial charge in [0.25, 0.3) is 0 Å². The van der Waals surface area contributed by atoms with E-state index in [1.807, 2.05) is 4.68 Å². The molecule has 0 spiro atoms. The monoisotopic (exact) mass is 307 g/mol. The Labute approximate surface area is 128 Å². The van der Waals surface area contributed by atoms with E-state index in [9.17, 15) is 0 Å². The molecular weight excluding hydrogens is 290 g/mol. The van der Waals surface area contributed by atoms with Crippen molar-refractivity contribution in [3.8, 4) is 11.4 Å². The molecule has 1 fully saturated rings. The molecule has 6 nitrogen and oxygen atoms in total. The predicted molar refractivity (Wildman–Crippen MR) is 81.0 cm³/mol. The number of nitrogens with two attached hydrogens (primary N) is 1. The summed E-state index contributed by atoms with van der Waals surface area (Å²) < 4.78 is 7.59. The molecule has 2 N–H and O–H groups in total. The molecule has 1 aromatic carbocycles. The Hall–Kier alpha value is -1.66. The average Bonchev–Trinajstić information content (AvgIpc) is 2.89. The number of benzene rings is 1. The highest BCUT2D eigenvalue weighted by molar-refractivity contribution is 6.31. The summed E-state index contributed by atoms with van der Waals surface area (Å²) in [6.45, 7) is 4.86. The molecule has 1 aliphatic heterocycles. The third-order valence-electron chi connectivity index (χ3n) is 3.77. The fourth-order valence-corrected chi connectivity index (χ4v) is 2.92. The molecule has 21 heavy (non-hydrogen) atoms. The number of nitrogen functional groups attached to an aromatic ring is 1. The number of hydrogen-bond donors (Lipinski definition) is 1. The Balaban J connectivity index is 1.99. The van der Waals surface area contributed by atoms with Crippen LogP contribution < -0.4 is 5.73 Å². The molecule has 2 heterocycles. The molecule has 7 heteroatoms. The largest absolute Gasteiger partial charge is 0.398 e. The topological polar surface area (TPSA) is 78.9 Å². The lowest BCUT2D eigenvalue weighted by molar-refractivity contribution is -0.0707. The zero-order chi connectivity index (χ0) is 15.0. The Morgan fingerprint density at radius 3 is 3.00 bits per heavy atom. The lowest BCUT2D eigenvalue weighted by Gasteiger charge is -2.35. The third kappa shape index (κ3) is 2.87. The summed E-state index contributed by atoms with van der Waals surface area (Å²) in [5, 5.41) is 12.7. The van der Waals surface area contributed by atoms with E-state index in [0.717, 1.165) is 18.4 Å². The van der Waals surface area contributed by atoms with E-state index < -0.39 is 0 Å².